The first-order chi connectivity index (χ1) is 11.6. The number of hydrogen-bond acceptors (Lipinski definition) is 3. The molecule has 1 aliphatic heterocycles. The summed E-state index contributed by atoms with van der Waals surface area (Å²) >= 11 is 0. The number of hydrogen-bond donors (Lipinski definition) is 1. The second-order valence-electron chi connectivity index (χ2n) is 7.15. The summed E-state index contributed by atoms with van der Waals surface area (Å²) in [5, 5.41) is 14.7. The highest BCUT2D eigenvalue weighted by atomic mass is 16.6. The molecule has 4 rings (SSSR count). The number of anilines is 1. The minimum atomic E-state index is -0.330. The summed E-state index contributed by atoms with van der Waals surface area (Å²) in [6.45, 7) is 2.29. The summed E-state index contributed by atoms with van der Waals surface area (Å²) < 4.78 is 0. The van der Waals surface area contributed by atoms with Crippen LogP contribution < -0.4 is 5.32 Å². The lowest BCUT2D eigenvalue weighted by Gasteiger charge is -2.37. The molecule has 124 valence electrons. The van der Waals surface area contributed by atoms with Crippen LogP contribution in [0.15, 0.2) is 42.5 Å². The lowest BCUT2D eigenvalue weighted by Crippen LogP contribution is -2.38. The van der Waals surface area contributed by atoms with Gasteiger partial charge in [-0.15, -0.1) is 0 Å². The number of nitrogens with one attached hydrogen (secondary N) is 1. The lowest BCUT2D eigenvalue weighted by molar-refractivity contribution is -0.384. The first-order valence-corrected chi connectivity index (χ1v) is 8.76. The number of non-ortho nitro benzene ring substituents is 1. The fourth-order valence-corrected chi connectivity index (χ4v) is 4.55. The zero-order valence-electron chi connectivity index (χ0n) is 13.9. The van der Waals surface area contributed by atoms with Crippen LogP contribution in [0, 0.1) is 10.1 Å². The Balaban J connectivity index is 1.79. The molecule has 24 heavy (non-hydrogen) atoms. The number of nitrogens with zero attached hydrogens (tertiary/aromatic N) is 1. The molecule has 0 bridgehead atoms. The third-order valence-electron chi connectivity index (χ3n) is 5.89. The van der Waals surface area contributed by atoms with E-state index >= 15 is 0 Å². The second kappa shape index (κ2) is 5.62. The van der Waals surface area contributed by atoms with E-state index in [4.69, 9.17) is 0 Å². The van der Waals surface area contributed by atoms with Crippen molar-refractivity contribution < 1.29 is 4.92 Å². The topological polar surface area (TPSA) is 55.2 Å². The summed E-state index contributed by atoms with van der Waals surface area (Å²) in [5.41, 5.74) is 4.99. The Morgan fingerprint density at radius 1 is 1.08 bits per heavy atom. The largest absolute Gasteiger partial charge is 0.381 e. The van der Waals surface area contributed by atoms with Crippen molar-refractivity contribution in [1.29, 1.82) is 0 Å². The zero-order valence-corrected chi connectivity index (χ0v) is 13.9. The molecule has 0 aromatic heterocycles. The smallest absolute Gasteiger partial charge is 0.270 e. The van der Waals surface area contributed by atoms with Gasteiger partial charge in [-0.1, -0.05) is 37.5 Å². The van der Waals surface area contributed by atoms with Gasteiger partial charge >= 0.3 is 0 Å². The molecule has 1 N–H and O–H groups in total. The highest BCUT2D eigenvalue weighted by molar-refractivity contribution is 5.73. The Kier molecular flexibility index (Phi) is 3.56. The molecule has 1 unspecified atom stereocenters. The van der Waals surface area contributed by atoms with E-state index in [-0.39, 0.29) is 16.0 Å². The quantitative estimate of drug-likeness (QED) is 0.604. The van der Waals surface area contributed by atoms with Gasteiger partial charge in [0.15, 0.2) is 0 Å². The molecule has 2 aliphatic rings. The molecule has 1 atom stereocenters. The van der Waals surface area contributed by atoms with E-state index in [1.54, 1.807) is 18.2 Å². The molecule has 4 heteroatoms. The standard InChI is InChI=1S/C20H22N2O2/c1-14-20(10-3-2-4-11-20)18-13-16(8-9-19(18)21-14)15-6-5-7-17(12-15)22(23)24/h5-9,12-14,21H,2-4,10-11H2,1H3. The highest BCUT2D eigenvalue weighted by Crippen LogP contribution is 2.51. The van der Waals surface area contributed by atoms with E-state index in [2.05, 4.69) is 30.4 Å². The highest BCUT2D eigenvalue weighted by Gasteiger charge is 2.44. The van der Waals surface area contributed by atoms with Crippen LogP contribution in [-0.2, 0) is 5.41 Å². The first-order valence-electron chi connectivity index (χ1n) is 8.76. The number of benzene rings is 2. The van der Waals surface area contributed by atoms with Crippen molar-refractivity contribution in [2.75, 3.05) is 5.32 Å². The predicted molar refractivity (Wildman–Crippen MR) is 96.4 cm³/mol. The van der Waals surface area contributed by atoms with E-state index in [1.807, 2.05) is 6.07 Å². The van der Waals surface area contributed by atoms with Crippen LogP contribution in [0.5, 0.6) is 0 Å². The number of nitro groups is 1. The average Bonchev–Trinajstić information content (AvgIpc) is 2.87. The van der Waals surface area contributed by atoms with E-state index < -0.39 is 0 Å². The van der Waals surface area contributed by atoms with Crippen molar-refractivity contribution in [1.82, 2.24) is 0 Å². The Morgan fingerprint density at radius 2 is 1.83 bits per heavy atom. The van der Waals surface area contributed by atoms with Crippen molar-refractivity contribution in [3.63, 3.8) is 0 Å². The van der Waals surface area contributed by atoms with Gasteiger partial charge in [-0.3, -0.25) is 10.1 Å². The Hall–Kier alpha value is -2.36. The van der Waals surface area contributed by atoms with E-state index in [0.717, 1.165) is 11.1 Å². The fourth-order valence-electron chi connectivity index (χ4n) is 4.55. The number of fused-ring (bicyclic) bond motifs is 2. The summed E-state index contributed by atoms with van der Waals surface area (Å²) in [6, 6.07) is 13.9. The van der Waals surface area contributed by atoms with Gasteiger partial charge in [0, 0.05) is 29.3 Å². The first kappa shape index (κ1) is 15.2. The maximum absolute atomic E-state index is 11.1. The van der Waals surface area contributed by atoms with Crippen LogP contribution in [0.2, 0.25) is 0 Å². The van der Waals surface area contributed by atoms with Gasteiger partial charge in [0.05, 0.1) is 4.92 Å². The monoisotopic (exact) mass is 322 g/mol. The third kappa shape index (κ3) is 2.29. The fraction of sp³-hybridized carbons (Fsp3) is 0.400. The van der Waals surface area contributed by atoms with Crippen LogP contribution in [0.1, 0.15) is 44.6 Å². The van der Waals surface area contributed by atoms with Gasteiger partial charge in [-0.2, -0.15) is 0 Å². The van der Waals surface area contributed by atoms with Crippen molar-refractivity contribution in [2.45, 2.75) is 50.5 Å². The molecule has 2 aromatic rings. The van der Waals surface area contributed by atoms with Gasteiger partial charge in [-0.25, -0.2) is 0 Å². The van der Waals surface area contributed by atoms with Gasteiger partial charge < -0.3 is 5.32 Å². The molecular weight excluding hydrogens is 300 g/mol. The van der Waals surface area contributed by atoms with Crippen molar-refractivity contribution in [2.24, 2.45) is 0 Å². The maximum atomic E-state index is 11.1. The van der Waals surface area contributed by atoms with Crippen LogP contribution in [-0.4, -0.2) is 11.0 Å². The molecule has 1 fully saturated rings. The van der Waals surface area contributed by atoms with Gasteiger partial charge in [0.1, 0.15) is 0 Å². The van der Waals surface area contributed by atoms with E-state index in [0.29, 0.717) is 6.04 Å². The Bertz CT molecular complexity index is 794. The normalized spacial score (nSPS) is 21.3. The van der Waals surface area contributed by atoms with Crippen LogP contribution in [0.3, 0.4) is 0 Å². The zero-order chi connectivity index (χ0) is 16.7. The average molecular weight is 322 g/mol. The molecule has 2 aromatic carbocycles. The van der Waals surface area contributed by atoms with Crippen LogP contribution in [0.25, 0.3) is 11.1 Å². The summed E-state index contributed by atoms with van der Waals surface area (Å²) in [4.78, 5) is 10.7. The molecule has 0 amide bonds. The summed E-state index contributed by atoms with van der Waals surface area (Å²) in [7, 11) is 0. The molecule has 4 nitrogen and oxygen atoms in total. The molecular formula is C20H22N2O2. The molecule has 1 saturated carbocycles. The minimum absolute atomic E-state index is 0.145. The maximum Gasteiger partial charge on any atom is 0.270 e. The van der Waals surface area contributed by atoms with Crippen molar-refractivity contribution in [3.05, 3.63) is 58.1 Å². The van der Waals surface area contributed by atoms with Gasteiger partial charge in [-0.05, 0) is 48.6 Å². The molecule has 1 spiro atoms. The molecule has 1 heterocycles. The number of rotatable bonds is 2. The Labute approximate surface area is 142 Å². The SMILES string of the molecule is CC1Nc2ccc(-c3cccc([N+](=O)[O-])c3)cc2C12CCCCC2. The van der Waals surface area contributed by atoms with E-state index in [9.17, 15) is 10.1 Å². The van der Waals surface area contributed by atoms with Crippen molar-refractivity contribution >= 4 is 11.4 Å². The third-order valence-corrected chi connectivity index (χ3v) is 5.89. The molecule has 0 radical (unpaired) electrons. The Morgan fingerprint density at radius 3 is 2.58 bits per heavy atom. The number of nitro benzene ring substituents is 1. The van der Waals surface area contributed by atoms with Crippen LogP contribution >= 0.6 is 0 Å². The lowest BCUT2D eigenvalue weighted by atomic mass is 9.67. The minimum Gasteiger partial charge on any atom is -0.381 e. The van der Waals surface area contributed by atoms with Gasteiger partial charge in [0.2, 0.25) is 0 Å². The van der Waals surface area contributed by atoms with Crippen molar-refractivity contribution in [3.8, 4) is 11.1 Å². The molecule has 1 aliphatic carbocycles. The summed E-state index contributed by atoms with van der Waals surface area (Å²) in [6.07, 6.45) is 6.35. The predicted octanol–water partition coefficient (Wildman–Crippen LogP) is 5.28. The van der Waals surface area contributed by atoms with Gasteiger partial charge in [0.25, 0.3) is 5.69 Å². The second-order valence-corrected chi connectivity index (χ2v) is 7.15. The molecule has 0 saturated heterocycles. The van der Waals surface area contributed by atoms with E-state index in [1.165, 1.54) is 43.4 Å². The summed E-state index contributed by atoms with van der Waals surface area (Å²) in [5.74, 6) is 0. The van der Waals surface area contributed by atoms with Crippen LogP contribution in [0.4, 0.5) is 11.4 Å².